The highest BCUT2D eigenvalue weighted by atomic mass is 16.3. The van der Waals surface area contributed by atoms with Crippen LogP contribution in [-0.2, 0) is 5.41 Å². The van der Waals surface area contributed by atoms with E-state index in [1.807, 2.05) is 29.0 Å². The number of fused-ring (bicyclic) bond motifs is 15. The van der Waals surface area contributed by atoms with Crippen molar-refractivity contribution in [2.75, 3.05) is 0 Å². The number of hydrogen-bond donors (Lipinski definition) is 0. The molecule has 10 aromatic rings. The van der Waals surface area contributed by atoms with Gasteiger partial charge in [0.2, 0.25) is 5.95 Å². The van der Waals surface area contributed by atoms with Gasteiger partial charge in [0.25, 0.3) is 0 Å². The van der Waals surface area contributed by atoms with Crippen molar-refractivity contribution in [3.63, 3.8) is 0 Å². The summed E-state index contributed by atoms with van der Waals surface area (Å²) in [6.45, 7) is 0. The van der Waals surface area contributed by atoms with Gasteiger partial charge in [0.15, 0.2) is 0 Å². The van der Waals surface area contributed by atoms with Crippen LogP contribution < -0.4 is 0 Å². The Labute approximate surface area is 304 Å². The van der Waals surface area contributed by atoms with Crippen LogP contribution in [0.25, 0.3) is 84.2 Å². The number of benzene rings is 6. The Morgan fingerprint density at radius 1 is 0.453 bits per heavy atom. The highest BCUT2D eigenvalue weighted by molar-refractivity contribution is 6.10. The standard InChI is InChI=1S/C48H28N4O/c1-4-13-39-29(9-1)16-17-30-18-19-32(31-20-21-43-37(25-31)35-12-7-22-49-46(35)52(43)47-50-23-8-24-51-47)26-41(30)48(39)40-14-5-2-10-33(40)36-27-38-34-11-3-6-15-44(34)53-45(38)28-42(36)48/h1-28H. The Bertz CT molecular complexity index is 3190. The van der Waals surface area contributed by atoms with Crippen LogP contribution in [0, 0.1) is 0 Å². The van der Waals surface area contributed by atoms with Gasteiger partial charge in [0, 0.05) is 40.1 Å². The SMILES string of the molecule is C1=Cc2ccc(-c3ccc4c(c3)c3cccnc3n4-c3ncccn3)cc2C2(c3ccccc31)c1ccccc1-c1cc3c(cc12)oc1ccccc13. The zero-order valence-corrected chi connectivity index (χ0v) is 28.4. The number of pyridine rings is 1. The van der Waals surface area contributed by atoms with Gasteiger partial charge in [0.1, 0.15) is 16.8 Å². The van der Waals surface area contributed by atoms with Crippen molar-refractivity contribution in [2.24, 2.45) is 0 Å². The van der Waals surface area contributed by atoms with E-state index in [4.69, 9.17) is 9.40 Å². The summed E-state index contributed by atoms with van der Waals surface area (Å²) in [7, 11) is 0. The van der Waals surface area contributed by atoms with Gasteiger partial charge in [-0.05, 0) is 110 Å². The van der Waals surface area contributed by atoms with E-state index in [0.29, 0.717) is 5.95 Å². The summed E-state index contributed by atoms with van der Waals surface area (Å²) in [6, 6.07) is 50.5. The van der Waals surface area contributed by atoms with Crippen molar-refractivity contribution >= 4 is 56.0 Å². The van der Waals surface area contributed by atoms with E-state index in [1.54, 1.807) is 12.4 Å². The number of nitrogens with zero attached hydrogens (tertiary/aromatic N) is 4. The molecule has 1 atom stereocenters. The molecule has 0 aliphatic heterocycles. The lowest BCUT2D eigenvalue weighted by molar-refractivity contribution is 0.666. The van der Waals surface area contributed by atoms with Crippen molar-refractivity contribution in [2.45, 2.75) is 5.41 Å². The average Bonchev–Trinajstić information content (AvgIpc) is 3.81. The lowest BCUT2D eigenvalue weighted by atomic mass is 9.65. The minimum atomic E-state index is -0.584. The molecule has 6 aromatic carbocycles. The molecule has 0 amide bonds. The van der Waals surface area contributed by atoms with Gasteiger partial charge in [-0.1, -0.05) is 97.1 Å². The maximum atomic E-state index is 6.59. The van der Waals surface area contributed by atoms with Crippen LogP contribution in [0.3, 0.4) is 0 Å². The lowest BCUT2D eigenvalue weighted by Gasteiger charge is -2.35. The second-order valence-corrected chi connectivity index (χ2v) is 14.0. The monoisotopic (exact) mass is 676 g/mol. The first-order valence-electron chi connectivity index (χ1n) is 17.9. The van der Waals surface area contributed by atoms with Crippen LogP contribution >= 0.6 is 0 Å². The molecule has 4 heterocycles. The molecule has 1 spiro atoms. The van der Waals surface area contributed by atoms with Gasteiger partial charge in [-0.15, -0.1) is 0 Å². The van der Waals surface area contributed by atoms with Crippen LogP contribution in [0.2, 0.25) is 0 Å². The maximum absolute atomic E-state index is 6.59. The third kappa shape index (κ3) is 3.78. The number of rotatable bonds is 2. The second-order valence-electron chi connectivity index (χ2n) is 14.0. The van der Waals surface area contributed by atoms with Gasteiger partial charge in [-0.3, -0.25) is 4.57 Å². The fourth-order valence-corrected chi connectivity index (χ4v) is 9.22. The zero-order valence-electron chi connectivity index (χ0n) is 28.4. The van der Waals surface area contributed by atoms with E-state index >= 15 is 0 Å². The first-order valence-corrected chi connectivity index (χ1v) is 17.9. The number of hydrogen-bond acceptors (Lipinski definition) is 4. The van der Waals surface area contributed by atoms with Crippen molar-refractivity contribution in [1.82, 2.24) is 19.5 Å². The topological polar surface area (TPSA) is 56.7 Å². The van der Waals surface area contributed by atoms with Crippen LogP contribution in [0.4, 0.5) is 0 Å². The number of furan rings is 1. The van der Waals surface area contributed by atoms with E-state index < -0.39 is 5.41 Å². The highest BCUT2D eigenvalue weighted by Gasteiger charge is 2.49. The Kier molecular flexibility index (Phi) is 5.64. The molecule has 0 saturated heterocycles. The fourth-order valence-electron chi connectivity index (χ4n) is 9.22. The molecule has 12 rings (SSSR count). The zero-order chi connectivity index (χ0) is 34.7. The molecule has 5 nitrogen and oxygen atoms in total. The van der Waals surface area contributed by atoms with E-state index in [-0.39, 0.29) is 0 Å². The van der Waals surface area contributed by atoms with Crippen molar-refractivity contribution in [3.05, 3.63) is 191 Å². The largest absolute Gasteiger partial charge is 0.456 e. The third-order valence-electron chi connectivity index (χ3n) is 11.4. The normalized spacial score (nSPS) is 15.5. The van der Waals surface area contributed by atoms with Crippen LogP contribution in [-0.4, -0.2) is 19.5 Å². The molecule has 0 N–H and O–H groups in total. The van der Waals surface area contributed by atoms with Crippen molar-refractivity contribution in [3.8, 4) is 28.2 Å². The maximum Gasteiger partial charge on any atom is 0.235 e. The average molecular weight is 677 g/mol. The molecule has 5 heteroatoms. The molecule has 0 saturated carbocycles. The molecule has 4 aromatic heterocycles. The number of aromatic nitrogens is 4. The summed E-state index contributed by atoms with van der Waals surface area (Å²) in [5.41, 5.74) is 15.3. The minimum Gasteiger partial charge on any atom is -0.456 e. The first-order chi connectivity index (χ1) is 26.3. The molecule has 0 fully saturated rings. The van der Waals surface area contributed by atoms with Gasteiger partial charge in [-0.2, -0.15) is 0 Å². The van der Waals surface area contributed by atoms with Crippen LogP contribution in [0.1, 0.15) is 33.4 Å². The molecule has 53 heavy (non-hydrogen) atoms. The summed E-state index contributed by atoms with van der Waals surface area (Å²) in [6.07, 6.45) is 9.94. The van der Waals surface area contributed by atoms with Crippen LogP contribution in [0.15, 0.2) is 163 Å². The predicted molar refractivity (Wildman–Crippen MR) is 213 cm³/mol. The van der Waals surface area contributed by atoms with Gasteiger partial charge in [-0.25, -0.2) is 15.0 Å². The van der Waals surface area contributed by atoms with Crippen LogP contribution in [0.5, 0.6) is 0 Å². The Balaban J connectivity index is 1.15. The Hall–Kier alpha value is -7.11. The predicted octanol–water partition coefficient (Wildman–Crippen LogP) is 11.4. The molecule has 246 valence electrons. The summed E-state index contributed by atoms with van der Waals surface area (Å²) < 4.78 is 8.64. The Morgan fingerprint density at radius 2 is 1.19 bits per heavy atom. The van der Waals surface area contributed by atoms with E-state index in [9.17, 15) is 0 Å². The smallest absolute Gasteiger partial charge is 0.235 e. The van der Waals surface area contributed by atoms with Gasteiger partial charge < -0.3 is 4.42 Å². The molecule has 2 aliphatic carbocycles. The minimum absolute atomic E-state index is 0.584. The third-order valence-corrected chi connectivity index (χ3v) is 11.4. The second kappa shape index (κ2) is 10.5. The van der Waals surface area contributed by atoms with E-state index in [0.717, 1.165) is 55.0 Å². The van der Waals surface area contributed by atoms with E-state index in [1.165, 1.54) is 44.5 Å². The molecular weight excluding hydrogens is 649 g/mol. The summed E-state index contributed by atoms with van der Waals surface area (Å²) in [5, 5.41) is 4.45. The van der Waals surface area contributed by atoms with Crippen molar-refractivity contribution in [1.29, 1.82) is 0 Å². The molecule has 1 unspecified atom stereocenters. The van der Waals surface area contributed by atoms with E-state index in [2.05, 4.69) is 143 Å². The quantitative estimate of drug-likeness (QED) is 0.183. The van der Waals surface area contributed by atoms with Crippen molar-refractivity contribution < 1.29 is 4.42 Å². The molecule has 0 bridgehead atoms. The molecular formula is C48H28N4O. The fraction of sp³-hybridized carbons (Fsp3) is 0.0208. The molecule has 2 aliphatic rings. The lowest BCUT2D eigenvalue weighted by Crippen LogP contribution is -2.30. The Morgan fingerprint density at radius 3 is 2.11 bits per heavy atom. The molecule has 0 radical (unpaired) electrons. The summed E-state index contributed by atoms with van der Waals surface area (Å²) >= 11 is 0. The summed E-state index contributed by atoms with van der Waals surface area (Å²) in [5.74, 6) is 0.605. The highest BCUT2D eigenvalue weighted by Crippen LogP contribution is 2.60. The first kappa shape index (κ1) is 28.6. The van der Waals surface area contributed by atoms with Gasteiger partial charge >= 0.3 is 0 Å². The summed E-state index contributed by atoms with van der Waals surface area (Å²) in [4.78, 5) is 14.0. The number of para-hydroxylation sites is 1. The van der Waals surface area contributed by atoms with Gasteiger partial charge in [0.05, 0.1) is 10.9 Å².